The molecule has 0 spiro atoms. The van der Waals surface area contributed by atoms with Crippen LogP contribution >= 0.6 is 0 Å². The summed E-state index contributed by atoms with van der Waals surface area (Å²) in [6.45, 7) is 2.33. The first-order chi connectivity index (χ1) is 11.0. The fourth-order valence-corrected chi connectivity index (χ4v) is 1.99. The van der Waals surface area contributed by atoms with Gasteiger partial charge in [-0.3, -0.25) is 0 Å². The van der Waals surface area contributed by atoms with Crippen LogP contribution in [0.3, 0.4) is 0 Å². The first kappa shape index (κ1) is 16.3. The van der Waals surface area contributed by atoms with Crippen LogP contribution in [0.4, 0.5) is 4.79 Å². The highest BCUT2D eigenvalue weighted by molar-refractivity contribution is 5.87. The zero-order valence-corrected chi connectivity index (χ0v) is 12.7. The molecular weight excluding hydrogens is 292 g/mol. The van der Waals surface area contributed by atoms with E-state index in [1.54, 1.807) is 18.3 Å². The summed E-state index contributed by atoms with van der Waals surface area (Å²) in [7, 11) is 0. The molecule has 2 aromatic rings. The molecule has 0 aliphatic rings. The fourth-order valence-electron chi connectivity index (χ4n) is 1.99. The minimum atomic E-state index is -0.969. The van der Waals surface area contributed by atoms with Crippen molar-refractivity contribution in [2.75, 3.05) is 0 Å². The lowest BCUT2D eigenvalue weighted by atomic mass is 10.1. The van der Waals surface area contributed by atoms with Crippen LogP contribution in [0.15, 0.2) is 54.7 Å². The first-order valence-corrected chi connectivity index (χ1v) is 7.14. The molecule has 0 saturated carbocycles. The van der Waals surface area contributed by atoms with Crippen molar-refractivity contribution in [2.24, 2.45) is 0 Å². The number of hydrogen-bond acceptors (Lipinski definition) is 2. The topological polar surface area (TPSA) is 78.4 Å². The largest absolute Gasteiger partial charge is 0.478 e. The van der Waals surface area contributed by atoms with E-state index >= 15 is 0 Å². The van der Waals surface area contributed by atoms with Gasteiger partial charge in [-0.2, -0.15) is 0 Å². The van der Waals surface area contributed by atoms with Crippen molar-refractivity contribution in [2.45, 2.75) is 13.5 Å². The average molecular weight is 310 g/mol. The molecule has 0 heterocycles. The number of nitrogens with one attached hydrogen (secondary N) is 2. The van der Waals surface area contributed by atoms with Crippen LogP contribution in [0, 0.1) is 6.92 Å². The second kappa shape index (κ2) is 7.79. The third-order valence-corrected chi connectivity index (χ3v) is 3.19. The van der Waals surface area contributed by atoms with E-state index in [9.17, 15) is 9.59 Å². The molecule has 118 valence electrons. The summed E-state index contributed by atoms with van der Waals surface area (Å²) in [5.74, 6) is -0.969. The van der Waals surface area contributed by atoms with E-state index in [2.05, 4.69) is 10.6 Å². The van der Waals surface area contributed by atoms with Gasteiger partial charge in [0.25, 0.3) is 0 Å². The molecule has 2 amide bonds. The van der Waals surface area contributed by atoms with Gasteiger partial charge < -0.3 is 15.7 Å². The lowest BCUT2D eigenvalue weighted by Gasteiger charge is -2.05. The van der Waals surface area contributed by atoms with Gasteiger partial charge in [-0.05, 0) is 36.3 Å². The number of benzene rings is 2. The van der Waals surface area contributed by atoms with Crippen molar-refractivity contribution in [1.82, 2.24) is 10.6 Å². The molecule has 0 aliphatic carbocycles. The molecule has 0 radical (unpaired) electrons. The van der Waals surface area contributed by atoms with Crippen LogP contribution in [-0.4, -0.2) is 17.1 Å². The Morgan fingerprint density at radius 1 is 1.13 bits per heavy atom. The van der Waals surface area contributed by atoms with Crippen LogP contribution in [0.25, 0.3) is 6.08 Å². The van der Waals surface area contributed by atoms with Gasteiger partial charge in [0, 0.05) is 12.7 Å². The Bertz CT molecular complexity index is 721. The molecule has 0 fully saturated rings. The van der Waals surface area contributed by atoms with E-state index in [4.69, 9.17) is 5.11 Å². The predicted octanol–water partition coefficient (Wildman–Crippen LogP) is 3.16. The van der Waals surface area contributed by atoms with Crippen LogP contribution in [0.5, 0.6) is 0 Å². The van der Waals surface area contributed by atoms with Gasteiger partial charge in [0.15, 0.2) is 0 Å². The molecule has 5 nitrogen and oxygen atoms in total. The highest BCUT2D eigenvalue weighted by Crippen LogP contribution is 2.05. The predicted molar refractivity (Wildman–Crippen MR) is 89.0 cm³/mol. The molecule has 3 N–H and O–H groups in total. The zero-order chi connectivity index (χ0) is 16.7. The number of urea groups is 1. The number of aryl methyl sites for hydroxylation is 1. The molecule has 5 heteroatoms. The normalized spacial score (nSPS) is 10.5. The third kappa shape index (κ3) is 5.32. The van der Waals surface area contributed by atoms with Crippen molar-refractivity contribution < 1.29 is 14.7 Å². The summed E-state index contributed by atoms with van der Waals surface area (Å²) in [5.41, 5.74) is 3.21. The average Bonchev–Trinajstić information content (AvgIpc) is 2.53. The van der Waals surface area contributed by atoms with Gasteiger partial charge in [-0.1, -0.05) is 42.0 Å². The number of aromatic carboxylic acids is 1. The van der Waals surface area contributed by atoms with Crippen molar-refractivity contribution in [1.29, 1.82) is 0 Å². The van der Waals surface area contributed by atoms with Crippen molar-refractivity contribution in [3.63, 3.8) is 0 Å². The highest BCUT2D eigenvalue weighted by Gasteiger charge is 2.02. The monoisotopic (exact) mass is 310 g/mol. The standard InChI is InChI=1S/C18H18N2O3/c1-13-3-2-4-14(11-13)9-10-19-18(23)20-12-15-5-7-16(8-6-15)17(21)22/h2-11H,12H2,1H3,(H,21,22)(H2,19,20,23)/b10-9+. The number of rotatable bonds is 5. The Morgan fingerprint density at radius 3 is 2.52 bits per heavy atom. The molecule has 2 rings (SSSR count). The van der Waals surface area contributed by atoms with E-state index in [1.165, 1.54) is 12.1 Å². The van der Waals surface area contributed by atoms with Crippen molar-refractivity contribution in [3.8, 4) is 0 Å². The van der Waals surface area contributed by atoms with Gasteiger partial charge in [-0.25, -0.2) is 9.59 Å². The van der Waals surface area contributed by atoms with E-state index in [0.29, 0.717) is 6.54 Å². The molecule has 0 aromatic heterocycles. The maximum absolute atomic E-state index is 11.7. The maximum Gasteiger partial charge on any atom is 0.335 e. The summed E-state index contributed by atoms with van der Waals surface area (Å²) in [6, 6.07) is 14.0. The fraction of sp³-hybridized carbons (Fsp3) is 0.111. The number of hydrogen-bond donors (Lipinski definition) is 3. The molecular formula is C18H18N2O3. The third-order valence-electron chi connectivity index (χ3n) is 3.19. The molecule has 0 aliphatic heterocycles. The van der Waals surface area contributed by atoms with Gasteiger partial charge in [0.1, 0.15) is 0 Å². The maximum atomic E-state index is 11.7. The Balaban J connectivity index is 1.79. The Morgan fingerprint density at radius 2 is 1.87 bits per heavy atom. The second-order valence-electron chi connectivity index (χ2n) is 5.08. The molecule has 0 saturated heterocycles. The second-order valence-corrected chi connectivity index (χ2v) is 5.08. The van der Waals surface area contributed by atoms with Crippen LogP contribution < -0.4 is 10.6 Å². The molecule has 23 heavy (non-hydrogen) atoms. The quantitative estimate of drug-likeness (QED) is 0.793. The Hall–Kier alpha value is -3.08. The number of carboxylic acid groups (broad SMARTS) is 1. The van der Waals surface area contributed by atoms with Crippen molar-refractivity contribution in [3.05, 3.63) is 77.0 Å². The summed E-state index contributed by atoms with van der Waals surface area (Å²) in [6.07, 6.45) is 3.39. The number of carbonyl (C=O) groups is 2. The summed E-state index contributed by atoms with van der Waals surface area (Å²) in [5, 5.41) is 14.1. The molecule has 0 bridgehead atoms. The molecule has 2 aromatic carbocycles. The van der Waals surface area contributed by atoms with E-state index in [0.717, 1.165) is 16.7 Å². The van der Waals surface area contributed by atoms with Gasteiger partial charge >= 0.3 is 12.0 Å². The van der Waals surface area contributed by atoms with Gasteiger partial charge in [0.2, 0.25) is 0 Å². The summed E-state index contributed by atoms with van der Waals surface area (Å²) in [4.78, 5) is 22.4. The Kier molecular flexibility index (Phi) is 5.52. The van der Waals surface area contributed by atoms with Crippen LogP contribution in [0.1, 0.15) is 27.0 Å². The summed E-state index contributed by atoms with van der Waals surface area (Å²) < 4.78 is 0. The van der Waals surface area contributed by atoms with Crippen LogP contribution in [-0.2, 0) is 6.54 Å². The minimum absolute atomic E-state index is 0.222. The lowest BCUT2D eigenvalue weighted by Crippen LogP contribution is -2.31. The number of carboxylic acids is 1. The van der Waals surface area contributed by atoms with E-state index < -0.39 is 5.97 Å². The van der Waals surface area contributed by atoms with Crippen LogP contribution in [0.2, 0.25) is 0 Å². The smallest absolute Gasteiger partial charge is 0.335 e. The van der Waals surface area contributed by atoms with Crippen molar-refractivity contribution >= 4 is 18.1 Å². The SMILES string of the molecule is Cc1cccc(/C=C/NC(=O)NCc2ccc(C(=O)O)cc2)c1. The van der Waals surface area contributed by atoms with E-state index in [-0.39, 0.29) is 11.6 Å². The van der Waals surface area contributed by atoms with E-state index in [1.807, 2.05) is 37.3 Å². The Labute approximate surface area is 134 Å². The molecule has 0 atom stereocenters. The molecule has 0 unspecified atom stereocenters. The highest BCUT2D eigenvalue weighted by atomic mass is 16.4. The summed E-state index contributed by atoms with van der Waals surface area (Å²) >= 11 is 0. The number of amides is 2. The van der Waals surface area contributed by atoms with Gasteiger partial charge in [0.05, 0.1) is 5.56 Å². The number of carbonyl (C=O) groups excluding carboxylic acids is 1. The van der Waals surface area contributed by atoms with Gasteiger partial charge in [-0.15, -0.1) is 0 Å². The minimum Gasteiger partial charge on any atom is -0.478 e. The lowest BCUT2D eigenvalue weighted by molar-refractivity contribution is 0.0697. The first-order valence-electron chi connectivity index (χ1n) is 7.14. The zero-order valence-electron chi connectivity index (χ0n) is 12.7.